The van der Waals surface area contributed by atoms with Gasteiger partial charge in [0.05, 0.1) is 18.3 Å². The van der Waals surface area contributed by atoms with E-state index in [1.54, 1.807) is 7.11 Å². The van der Waals surface area contributed by atoms with Crippen molar-refractivity contribution in [3.63, 3.8) is 0 Å². The minimum atomic E-state index is -0.0215. The lowest BCUT2D eigenvalue weighted by Crippen LogP contribution is -2.30. The molecule has 3 N–H and O–H groups in total. The van der Waals surface area contributed by atoms with Gasteiger partial charge >= 0.3 is 0 Å². The molecule has 1 aliphatic rings. The molecule has 1 saturated carbocycles. The number of nitrogens with zero attached hydrogens (tertiary/aromatic N) is 3. The van der Waals surface area contributed by atoms with Crippen molar-refractivity contribution in [1.82, 2.24) is 4.90 Å². The lowest BCUT2D eigenvalue weighted by Gasteiger charge is -2.25. The fraction of sp³-hybridized carbons (Fsp3) is 0.667. The predicted molar refractivity (Wildman–Crippen MR) is 117 cm³/mol. The maximum Gasteiger partial charge on any atom is 0.126 e. The van der Waals surface area contributed by atoms with Gasteiger partial charge in [-0.05, 0) is 52.0 Å². The van der Waals surface area contributed by atoms with Crippen LogP contribution in [0.4, 0.5) is 0 Å². The molecule has 7 heteroatoms. The Bertz CT molecular complexity index is 635. The van der Waals surface area contributed by atoms with Gasteiger partial charge in [0.2, 0.25) is 0 Å². The lowest BCUT2D eigenvalue weighted by molar-refractivity contribution is -0.0229. The van der Waals surface area contributed by atoms with Gasteiger partial charge in [0.25, 0.3) is 0 Å². The molecule has 7 nitrogen and oxygen atoms in total. The highest BCUT2D eigenvalue weighted by Gasteiger charge is 2.41. The van der Waals surface area contributed by atoms with Gasteiger partial charge in [0, 0.05) is 44.4 Å². The Balaban J connectivity index is 2.82. The predicted octanol–water partition coefficient (Wildman–Crippen LogP) is 3.37. The van der Waals surface area contributed by atoms with E-state index in [-0.39, 0.29) is 17.6 Å². The second-order valence-electron chi connectivity index (χ2n) is 7.73. The van der Waals surface area contributed by atoms with Gasteiger partial charge in [-0.2, -0.15) is 0 Å². The summed E-state index contributed by atoms with van der Waals surface area (Å²) in [7, 11) is 3.59. The molecule has 2 unspecified atom stereocenters. The molecule has 28 heavy (non-hydrogen) atoms. The number of hydrogen-bond donors (Lipinski definition) is 2. The number of methoxy groups -OCH3 is 1. The molecule has 1 rings (SSSR count). The molecular weight excluding hydrogens is 354 g/mol. The summed E-state index contributed by atoms with van der Waals surface area (Å²) < 4.78 is 11.2. The van der Waals surface area contributed by atoms with Gasteiger partial charge in [-0.3, -0.25) is 4.99 Å². The minimum absolute atomic E-state index is 0.00125. The summed E-state index contributed by atoms with van der Waals surface area (Å²) in [5.41, 5.74) is 8.27. The second-order valence-corrected chi connectivity index (χ2v) is 7.73. The quantitative estimate of drug-likeness (QED) is 0.372. The molecule has 0 aromatic carbocycles. The summed E-state index contributed by atoms with van der Waals surface area (Å²) in [5.74, 6) is 0.713. The van der Waals surface area contributed by atoms with Crippen molar-refractivity contribution >= 4 is 18.8 Å². The molecule has 0 saturated heterocycles. The van der Waals surface area contributed by atoms with E-state index in [4.69, 9.17) is 20.6 Å². The van der Waals surface area contributed by atoms with Crippen molar-refractivity contribution in [2.75, 3.05) is 27.3 Å². The van der Waals surface area contributed by atoms with E-state index in [9.17, 15) is 0 Å². The first kappa shape index (κ1) is 24.0. The van der Waals surface area contributed by atoms with Gasteiger partial charge in [0.15, 0.2) is 0 Å². The Hall–Kier alpha value is -1.99. The number of allylic oxidation sites excluding steroid dienone is 2. The number of nitrogens with two attached hydrogens (primary N) is 1. The Morgan fingerprint density at radius 1 is 1.39 bits per heavy atom. The SMILES string of the molecule is C=NC=N/C(=C\CC(N)=C(C)C(=N)C(C)C(C)OC1(C)CC1)N(C)CCOC. The van der Waals surface area contributed by atoms with Gasteiger partial charge in [-0.1, -0.05) is 6.92 Å². The third-order valence-electron chi connectivity index (χ3n) is 5.27. The minimum Gasteiger partial charge on any atom is -0.402 e. The third-order valence-corrected chi connectivity index (χ3v) is 5.27. The highest BCUT2D eigenvalue weighted by atomic mass is 16.5. The third kappa shape index (κ3) is 7.56. The summed E-state index contributed by atoms with van der Waals surface area (Å²) in [6.45, 7) is 12.8. The normalized spacial score (nSPS) is 19.1. The van der Waals surface area contributed by atoms with Crippen LogP contribution in [0, 0.1) is 11.3 Å². The zero-order valence-corrected chi connectivity index (χ0v) is 18.3. The monoisotopic (exact) mass is 391 g/mol. The highest BCUT2D eigenvalue weighted by Crippen LogP contribution is 2.40. The van der Waals surface area contributed by atoms with Crippen LogP contribution in [0.5, 0.6) is 0 Å². The van der Waals surface area contributed by atoms with Crippen molar-refractivity contribution in [2.45, 2.75) is 58.7 Å². The van der Waals surface area contributed by atoms with Crippen molar-refractivity contribution in [1.29, 1.82) is 5.41 Å². The number of rotatable bonds is 13. The standard InChI is InChI=1S/C21H37N5O2/c1-15(17(3)28-21(4)10-11-21)20(23)16(2)18(22)8-9-19(25-14-24-5)26(6)12-13-27-7/h9,14-15,17,23H,5,8,10-13,22H2,1-4,6-7H3/b18-16?,19-9+,23-20?,25-14?. The van der Waals surface area contributed by atoms with Crippen LogP contribution >= 0.6 is 0 Å². The number of hydrogen-bond acceptors (Lipinski definition) is 6. The summed E-state index contributed by atoms with van der Waals surface area (Å²) in [5, 5.41) is 8.54. The zero-order valence-electron chi connectivity index (χ0n) is 18.3. The van der Waals surface area contributed by atoms with Crippen LogP contribution in [0.15, 0.2) is 33.2 Å². The molecule has 2 atom stereocenters. The van der Waals surface area contributed by atoms with E-state index in [2.05, 4.69) is 23.6 Å². The van der Waals surface area contributed by atoms with Crippen molar-refractivity contribution in [2.24, 2.45) is 21.6 Å². The average molecular weight is 392 g/mol. The van der Waals surface area contributed by atoms with E-state index >= 15 is 0 Å². The second kappa shape index (κ2) is 11.1. The largest absolute Gasteiger partial charge is 0.402 e. The topological polar surface area (TPSA) is 96.3 Å². The molecule has 0 heterocycles. The van der Waals surface area contributed by atoms with Crippen LogP contribution in [0.2, 0.25) is 0 Å². The molecule has 0 bridgehead atoms. The number of likely N-dealkylation sites (N-methyl/N-ethyl adjacent to an activating group) is 1. The molecule has 1 fully saturated rings. The van der Waals surface area contributed by atoms with Crippen LogP contribution in [0.3, 0.4) is 0 Å². The molecule has 0 radical (unpaired) electrons. The Labute approximate surface area is 169 Å². The van der Waals surface area contributed by atoms with Crippen molar-refractivity contribution < 1.29 is 9.47 Å². The van der Waals surface area contributed by atoms with Gasteiger partial charge < -0.3 is 25.5 Å². The lowest BCUT2D eigenvalue weighted by atomic mass is 9.93. The Morgan fingerprint density at radius 3 is 2.57 bits per heavy atom. The fourth-order valence-electron chi connectivity index (χ4n) is 2.70. The number of ether oxygens (including phenoxy) is 2. The van der Waals surface area contributed by atoms with E-state index < -0.39 is 0 Å². The maximum absolute atomic E-state index is 8.54. The first-order valence-corrected chi connectivity index (χ1v) is 9.75. The van der Waals surface area contributed by atoms with E-state index in [1.165, 1.54) is 6.34 Å². The first-order chi connectivity index (χ1) is 13.1. The Morgan fingerprint density at radius 2 is 2.04 bits per heavy atom. The molecule has 0 aromatic rings. The van der Waals surface area contributed by atoms with Crippen LogP contribution in [0.1, 0.15) is 47.0 Å². The number of aliphatic imine (C=N–C) groups is 2. The average Bonchev–Trinajstić information content (AvgIpc) is 3.40. The molecule has 0 aliphatic heterocycles. The molecule has 0 spiro atoms. The van der Waals surface area contributed by atoms with E-state index in [1.807, 2.05) is 38.8 Å². The molecule has 1 aliphatic carbocycles. The van der Waals surface area contributed by atoms with Gasteiger partial charge in [-0.15, -0.1) is 0 Å². The molecule has 0 amide bonds. The highest BCUT2D eigenvalue weighted by molar-refractivity contribution is 5.99. The van der Waals surface area contributed by atoms with Gasteiger partial charge in [0.1, 0.15) is 12.2 Å². The zero-order chi connectivity index (χ0) is 21.3. The van der Waals surface area contributed by atoms with Crippen LogP contribution in [-0.4, -0.2) is 62.7 Å². The van der Waals surface area contributed by atoms with Crippen LogP contribution in [0.25, 0.3) is 0 Å². The van der Waals surface area contributed by atoms with E-state index in [0.717, 1.165) is 24.2 Å². The van der Waals surface area contributed by atoms with Crippen LogP contribution < -0.4 is 5.73 Å². The smallest absolute Gasteiger partial charge is 0.126 e. The number of nitrogens with one attached hydrogen (secondary N) is 1. The maximum atomic E-state index is 8.54. The molecule has 0 aromatic heterocycles. The first-order valence-electron chi connectivity index (χ1n) is 9.75. The summed E-state index contributed by atoms with van der Waals surface area (Å²) >= 11 is 0. The van der Waals surface area contributed by atoms with Gasteiger partial charge in [-0.25, -0.2) is 4.99 Å². The van der Waals surface area contributed by atoms with Crippen molar-refractivity contribution in [3.8, 4) is 0 Å². The summed E-state index contributed by atoms with van der Waals surface area (Å²) in [6.07, 6.45) is 6.01. The summed E-state index contributed by atoms with van der Waals surface area (Å²) in [6, 6.07) is 0. The molecular formula is C21H37N5O2. The Kier molecular flexibility index (Phi) is 9.55. The molecule has 158 valence electrons. The van der Waals surface area contributed by atoms with E-state index in [0.29, 0.717) is 31.0 Å². The fourth-order valence-corrected chi connectivity index (χ4v) is 2.70. The van der Waals surface area contributed by atoms with Crippen LogP contribution in [-0.2, 0) is 9.47 Å². The summed E-state index contributed by atoms with van der Waals surface area (Å²) in [4.78, 5) is 9.95. The van der Waals surface area contributed by atoms with Crippen molar-refractivity contribution in [3.05, 3.63) is 23.2 Å².